The summed E-state index contributed by atoms with van der Waals surface area (Å²) in [7, 11) is 0. The quantitative estimate of drug-likeness (QED) is 0.613. The first-order valence-electron chi connectivity index (χ1n) is 12.5. The molecule has 0 aliphatic heterocycles. The fraction of sp³-hybridized carbons (Fsp3) is 0.654. The van der Waals surface area contributed by atoms with E-state index in [9.17, 15) is 9.90 Å². The van der Waals surface area contributed by atoms with Crippen molar-refractivity contribution in [2.75, 3.05) is 6.61 Å². The van der Waals surface area contributed by atoms with Gasteiger partial charge in [-0.05, 0) is 81.6 Å². The largest absolute Gasteiger partial charge is 0.481 e. The predicted molar refractivity (Wildman–Crippen MR) is 119 cm³/mol. The van der Waals surface area contributed by atoms with Crippen LogP contribution in [0.1, 0.15) is 87.3 Å². The average Bonchev–Trinajstić information content (AvgIpc) is 3.67. The zero-order valence-electron chi connectivity index (χ0n) is 18.7. The zero-order chi connectivity index (χ0) is 21.8. The molecule has 2 aromatic rings. The predicted octanol–water partition coefficient (Wildman–Crippen LogP) is 4.78. The van der Waals surface area contributed by atoms with Crippen LogP contribution < -0.4 is 0 Å². The van der Waals surface area contributed by atoms with Crippen LogP contribution >= 0.6 is 0 Å². The molecule has 32 heavy (non-hydrogen) atoms. The second-order valence-electron chi connectivity index (χ2n) is 10.7. The van der Waals surface area contributed by atoms with Crippen LogP contribution in [0.15, 0.2) is 30.3 Å². The minimum atomic E-state index is -0.858. The van der Waals surface area contributed by atoms with E-state index in [0.29, 0.717) is 37.5 Å². The topological polar surface area (TPSA) is 77.2 Å². The third-order valence-corrected chi connectivity index (χ3v) is 8.12. The summed E-state index contributed by atoms with van der Waals surface area (Å²) in [5.74, 6) is 3.15. The van der Waals surface area contributed by atoms with Gasteiger partial charge in [0.2, 0.25) is 0 Å². The van der Waals surface area contributed by atoms with E-state index in [0.717, 1.165) is 36.3 Å². The summed E-state index contributed by atoms with van der Waals surface area (Å²) < 4.78 is 8.82. The Balaban J connectivity index is 1.32. The van der Waals surface area contributed by atoms with E-state index in [1.54, 1.807) is 0 Å². The lowest BCUT2D eigenvalue weighted by atomic mass is 9.65. The summed E-state index contributed by atoms with van der Waals surface area (Å²) in [6.45, 7) is 1.71. The van der Waals surface area contributed by atoms with Crippen LogP contribution in [0.4, 0.5) is 0 Å². The first-order chi connectivity index (χ1) is 15.6. The van der Waals surface area contributed by atoms with Gasteiger partial charge >= 0.3 is 5.97 Å². The molecular formula is C26H33N3O3. The summed E-state index contributed by atoms with van der Waals surface area (Å²) in [6, 6.07) is 9.74. The summed E-state index contributed by atoms with van der Waals surface area (Å²) >= 11 is 0. The number of nitrogens with zero attached hydrogens (tertiary/aromatic N) is 3. The van der Waals surface area contributed by atoms with Crippen LogP contribution in [-0.4, -0.2) is 32.4 Å². The molecule has 4 aliphatic rings. The van der Waals surface area contributed by atoms with Gasteiger partial charge in [-0.15, -0.1) is 0 Å². The highest BCUT2D eigenvalue weighted by atomic mass is 16.5. The lowest BCUT2D eigenvalue weighted by Gasteiger charge is -2.43. The number of rotatable bonds is 9. The third-order valence-electron chi connectivity index (χ3n) is 8.12. The highest BCUT2D eigenvalue weighted by Crippen LogP contribution is 2.50. The van der Waals surface area contributed by atoms with Crippen molar-refractivity contribution in [2.24, 2.45) is 11.8 Å². The minimum Gasteiger partial charge on any atom is -0.481 e. The molecule has 1 aromatic heterocycles. The number of ether oxygens (including phenoxy) is 1. The molecule has 0 saturated heterocycles. The van der Waals surface area contributed by atoms with Crippen LogP contribution in [0.3, 0.4) is 0 Å². The Morgan fingerprint density at radius 3 is 2.28 bits per heavy atom. The van der Waals surface area contributed by atoms with Crippen LogP contribution in [0, 0.1) is 11.8 Å². The van der Waals surface area contributed by atoms with Crippen LogP contribution in [0.5, 0.6) is 0 Å². The van der Waals surface area contributed by atoms with E-state index >= 15 is 0 Å². The maximum atomic E-state index is 12.5. The fourth-order valence-electron chi connectivity index (χ4n) is 5.33. The highest BCUT2D eigenvalue weighted by Gasteiger charge is 2.52. The van der Waals surface area contributed by atoms with Gasteiger partial charge in [0, 0.05) is 12.5 Å². The fourth-order valence-corrected chi connectivity index (χ4v) is 5.33. The average molecular weight is 436 g/mol. The first-order valence-corrected chi connectivity index (χ1v) is 12.5. The molecule has 0 radical (unpaired) electrons. The Morgan fingerprint density at radius 2 is 1.69 bits per heavy atom. The van der Waals surface area contributed by atoms with Crippen LogP contribution in [-0.2, 0) is 27.1 Å². The molecule has 4 saturated carbocycles. The smallest absolute Gasteiger partial charge is 0.314 e. The lowest BCUT2D eigenvalue weighted by Crippen LogP contribution is -2.46. The molecular weight excluding hydrogens is 402 g/mol. The number of benzene rings is 1. The van der Waals surface area contributed by atoms with Crippen molar-refractivity contribution in [3.8, 4) is 0 Å². The van der Waals surface area contributed by atoms with Gasteiger partial charge < -0.3 is 9.84 Å². The lowest BCUT2D eigenvalue weighted by molar-refractivity contribution is -0.151. The van der Waals surface area contributed by atoms with Crippen molar-refractivity contribution in [1.82, 2.24) is 14.8 Å². The van der Waals surface area contributed by atoms with E-state index in [-0.39, 0.29) is 0 Å². The number of aromatic nitrogens is 3. The molecule has 6 heteroatoms. The highest BCUT2D eigenvalue weighted by molar-refractivity contribution is 5.81. The number of carboxylic acid groups (broad SMARTS) is 1. The molecule has 0 spiro atoms. The summed E-state index contributed by atoms with van der Waals surface area (Å²) in [6.07, 6.45) is 9.86. The number of aliphatic carboxylic acids is 1. The van der Waals surface area contributed by atoms with Crippen molar-refractivity contribution >= 4 is 5.97 Å². The Kier molecular flexibility index (Phi) is 4.90. The standard InChI is InChI=1S/C26H33N3O3/c30-24(31)25(21-4-2-1-3-5-21)12-14-26(15-13-25,32-17-19-8-9-19)23-27-22(20-10-11-20)29(28-23)16-18-6-7-18/h1-5,18-20H,6-17H2,(H,30,31)/t25-,26-. The second kappa shape index (κ2) is 7.68. The Bertz CT molecular complexity index is 981. The molecule has 1 aromatic carbocycles. The van der Waals surface area contributed by atoms with E-state index in [1.165, 1.54) is 38.5 Å². The monoisotopic (exact) mass is 435 g/mol. The van der Waals surface area contributed by atoms with Crippen molar-refractivity contribution in [3.05, 3.63) is 47.5 Å². The minimum absolute atomic E-state index is 0.543. The van der Waals surface area contributed by atoms with Gasteiger partial charge in [-0.1, -0.05) is 30.3 Å². The number of hydrogen-bond donors (Lipinski definition) is 1. The summed E-state index contributed by atoms with van der Waals surface area (Å²) in [4.78, 5) is 17.6. The van der Waals surface area contributed by atoms with Crippen molar-refractivity contribution < 1.29 is 14.6 Å². The Labute approximate surface area is 189 Å². The molecule has 170 valence electrons. The molecule has 0 atom stereocenters. The zero-order valence-corrected chi connectivity index (χ0v) is 18.7. The number of carbonyl (C=O) groups is 1. The summed E-state index contributed by atoms with van der Waals surface area (Å²) in [5, 5.41) is 15.3. The molecule has 1 N–H and O–H groups in total. The molecule has 4 aliphatic carbocycles. The first kappa shape index (κ1) is 20.4. The van der Waals surface area contributed by atoms with Crippen molar-refractivity contribution in [1.29, 1.82) is 0 Å². The second-order valence-corrected chi connectivity index (χ2v) is 10.7. The molecule has 0 unspecified atom stereocenters. The Morgan fingerprint density at radius 1 is 1.00 bits per heavy atom. The van der Waals surface area contributed by atoms with Gasteiger partial charge in [-0.25, -0.2) is 9.67 Å². The van der Waals surface area contributed by atoms with Crippen LogP contribution in [0.2, 0.25) is 0 Å². The van der Waals surface area contributed by atoms with E-state index < -0.39 is 17.0 Å². The summed E-state index contributed by atoms with van der Waals surface area (Å²) in [5.41, 5.74) is -0.521. The normalized spacial score (nSPS) is 30.4. The SMILES string of the molecule is O=C(O)[C@]1(c2ccccc2)CC[C@](OCC2CC2)(c2nc(C3CC3)n(CC3CC3)n2)CC1. The molecule has 6 nitrogen and oxygen atoms in total. The maximum absolute atomic E-state index is 12.5. The van der Waals surface area contributed by atoms with Gasteiger partial charge in [0.25, 0.3) is 0 Å². The van der Waals surface area contributed by atoms with Crippen LogP contribution in [0.25, 0.3) is 0 Å². The third kappa shape index (κ3) is 3.76. The molecule has 1 heterocycles. The van der Waals surface area contributed by atoms with Gasteiger partial charge in [0.15, 0.2) is 5.82 Å². The molecule has 6 rings (SSSR count). The molecule has 4 fully saturated rings. The van der Waals surface area contributed by atoms with Gasteiger partial charge in [-0.2, -0.15) is 5.10 Å². The maximum Gasteiger partial charge on any atom is 0.314 e. The van der Waals surface area contributed by atoms with Crippen molar-refractivity contribution in [2.45, 2.75) is 87.7 Å². The van der Waals surface area contributed by atoms with Gasteiger partial charge in [-0.3, -0.25) is 4.79 Å². The molecule has 0 amide bonds. The van der Waals surface area contributed by atoms with Crippen molar-refractivity contribution in [3.63, 3.8) is 0 Å². The van der Waals surface area contributed by atoms with E-state index in [2.05, 4.69) is 4.68 Å². The van der Waals surface area contributed by atoms with Gasteiger partial charge in [0.05, 0.1) is 12.0 Å². The molecule has 0 bridgehead atoms. The van der Waals surface area contributed by atoms with E-state index in [1.807, 2.05) is 30.3 Å². The number of hydrogen-bond acceptors (Lipinski definition) is 4. The Hall–Kier alpha value is -2.21. The van der Waals surface area contributed by atoms with Gasteiger partial charge in [0.1, 0.15) is 11.4 Å². The van der Waals surface area contributed by atoms with E-state index in [4.69, 9.17) is 14.8 Å². The number of carboxylic acids is 1.